The predicted molar refractivity (Wildman–Crippen MR) is 57.6 cm³/mol. The summed E-state index contributed by atoms with van der Waals surface area (Å²) in [6, 6.07) is 4.18. The molecule has 1 saturated heterocycles. The van der Waals surface area contributed by atoms with Gasteiger partial charge in [0.2, 0.25) is 0 Å². The highest BCUT2D eigenvalue weighted by atomic mass is 16.5. The smallest absolute Gasteiger partial charge is 0.151 e. The van der Waals surface area contributed by atoms with Gasteiger partial charge in [0.15, 0.2) is 5.82 Å². The summed E-state index contributed by atoms with van der Waals surface area (Å²) in [4.78, 5) is 2.19. The third-order valence-corrected chi connectivity index (χ3v) is 2.62. The average Bonchev–Trinajstić information content (AvgIpc) is 2.31. The van der Waals surface area contributed by atoms with Gasteiger partial charge in [-0.2, -0.15) is 5.10 Å². The van der Waals surface area contributed by atoms with Gasteiger partial charge in [0.25, 0.3) is 0 Å². The SMILES string of the molecule is CC1COC(CN)CN1c1cccnn1. The lowest BCUT2D eigenvalue weighted by molar-refractivity contribution is 0.0279. The molecule has 0 amide bonds. The van der Waals surface area contributed by atoms with E-state index in [1.54, 1.807) is 6.20 Å². The van der Waals surface area contributed by atoms with Gasteiger partial charge in [0.05, 0.1) is 18.8 Å². The van der Waals surface area contributed by atoms with Crippen molar-refractivity contribution in [1.82, 2.24) is 10.2 Å². The molecule has 2 rings (SSSR count). The van der Waals surface area contributed by atoms with Gasteiger partial charge >= 0.3 is 0 Å². The molecule has 1 aromatic heterocycles. The quantitative estimate of drug-likeness (QED) is 0.742. The van der Waals surface area contributed by atoms with Crippen LogP contribution in [0, 0.1) is 0 Å². The van der Waals surface area contributed by atoms with Crippen molar-refractivity contribution in [3.05, 3.63) is 18.3 Å². The summed E-state index contributed by atoms with van der Waals surface area (Å²) in [5.74, 6) is 0.895. The van der Waals surface area contributed by atoms with Crippen LogP contribution >= 0.6 is 0 Å². The number of nitrogens with zero attached hydrogens (tertiary/aromatic N) is 3. The van der Waals surface area contributed by atoms with E-state index >= 15 is 0 Å². The van der Waals surface area contributed by atoms with Crippen LogP contribution in [0.2, 0.25) is 0 Å². The van der Waals surface area contributed by atoms with Crippen molar-refractivity contribution in [2.45, 2.75) is 19.1 Å². The number of morpholine rings is 1. The third kappa shape index (κ3) is 2.24. The molecule has 2 unspecified atom stereocenters. The number of nitrogens with two attached hydrogens (primary N) is 1. The van der Waals surface area contributed by atoms with Gasteiger partial charge in [0, 0.05) is 19.3 Å². The Balaban J connectivity index is 2.13. The number of ether oxygens (including phenoxy) is 1. The summed E-state index contributed by atoms with van der Waals surface area (Å²) >= 11 is 0. The molecule has 0 radical (unpaired) electrons. The standard InChI is InChI=1S/C10H16N4O/c1-8-7-15-9(5-11)6-14(8)10-3-2-4-12-13-10/h2-4,8-9H,5-7,11H2,1H3. The van der Waals surface area contributed by atoms with Crippen LogP contribution < -0.4 is 10.6 Å². The molecule has 0 aliphatic carbocycles. The van der Waals surface area contributed by atoms with Crippen molar-refractivity contribution in [3.63, 3.8) is 0 Å². The van der Waals surface area contributed by atoms with Crippen molar-refractivity contribution in [1.29, 1.82) is 0 Å². The molecule has 0 aromatic carbocycles. The highest BCUT2D eigenvalue weighted by Crippen LogP contribution is 2.17. The molecule has 2 heterocycles. The number of hydrogen-bond acceptors (Lipinski definition) is 5. The van der Waals surface area contributed by atoms with Gasteiger partial charge < -0.3 is 15.4 Å². The Morgan fingerprint density at radius 2 is 2.53 bits per heavy atom. The van der Waals surface area contributed by atoms with Crippen molar-refractivity contribution in [2.75, 3.05) is 24.6 Å². The minimum absolute atomic E-state index is 0.100. The second-order valence-corrected chi connectivity index (χ2v) is 3.77. The maximum Gasteiger partial charge on any atom is 0.151 e. The van der Waals surface area contributed by atoms with Crippen LogP contribution in [0.25, 0.3) is 0 Å². The van der Waals surface area contributed by atoms with Gasteiger partial charge in [0.1, 0.15) is 0 Å². The van der Waals surface area contributed by atoms with Crippen molar-refractivity contribution < 1.29 is 4.74 Å². The summed E-state index contributed by atoms with van der Waals surface area (Å²) in [5, 5.41) is 7.98. The Morgan fingerprint density at radius 3 is 3.20 bits per heavy atom. The van der Waals surface area contributed by atoms with Gasteiger partial charge in [-0.15, -0.1) is 5.10 Å². The zero-order valence-corrected chi connectivity index (χ0v) is 8.84. The van der Waals surface area contributed by atoms with Crippen LogP contribution in [0.1, 0.15) is 6.92 Å². The first-order valence-electron chi connectivity index (χ1n) is 5.17. The first-order valence-corrected chi connectivity index (χ1v) is 5.17. The Kier molecular flexibility index (Phi) is 3.13. The van der Waals surface area contributed by atoms with E-state index in [0.29, 0.717) is 19.2 Å². The topological polar surface area (TPSA) is 64.3 Å². The molecule has 5 heteroatoms. The van der Waals surface area contributed by atoms with Gasteiger partial charge in [-0.1, -0.05) is 0 Å². The van der Waals surface area contributed by atoms with E-state index in [2.05, 4.69) is 22.0 Å². The van der Waals surface area contributed by atoms with Gasteiger partial charge in [-0.3, -0.25) is 0 Å². The third-order valence-electron chi connectivity index (χ3n) is 2.62. The zero-order chi connectivity index (χ0) is 10.7. The minimum atomic E-state index is 0.100. The van der Waals surface area contributed by atoms with E-state index < -0.39 is 0 Å². The molecule has 15 heavy (non-hydrogen) atoms. The molecule has 2 atom stereocenters. The fourth-order valence-electron chi connectivity index (χ4n) is 1.73. The van der Waals surface area contributed by atoms with Crippen LogP contribution in [0.3, 0.4) is 0 Å². The van der Waals surface area contributed by atoms with Crippen LogP contribution in [-0.4, -0.2) is 42.0 Å². The normalized spacial score (nSPS) is 26.7. The molecule has 1 aliphatic heterocycles. The summed E-state index contributed by atoms with van der Waals surface area (Å²) in [6.45, 7) is 4.14. The molecule has 5 nitrogen and oxygen atoms in total. The zero-order valence-electron chi connectivity index (χ0n) is 8.84. The highest BCUT2D eigenvalue weighted by Gasteiger charge is 2.26. The first kappa shape index (κ1) is 10.3. The molecule has 82 valence electrons. The van der Waals surface area contributed by atoms with E-state index in [0.717, 1.165) is 12.4 Å². The number of aromatic nitrogens is 2. The van der Waals surface area contributed by atoms with Crippen molar-refractivity contribution in [3.8, 4) is 0 Å². The molecule has 0 spiro atoms. The monoisotopic (exact) mass is 208 g/mol. The Labute approximate surface area is 89.2 Å². The second-order valence-electron chi connectivity index (χ2n) is 3.77. The van der Waals surface area contributed by atoms with Crippen molar-refractivity contribution >= 4 is 5.82 Å². The number of hydrogen-bond donors (Lipinski definition) is 1. The lowest BCUT2D eigenvalue weighted by Gasteiger charge is -2.38. The molecule has 1 aliphatic rings. The predicted octanol–water partition coefficient (Wildman–Crippen LogP) is 0.0290. The molecular weight excluding hydrogens is 192 g/mol. The van der Waals surface area contributed by atoms with Crippen LogP contribution in [0.5, 0.6) is 0 Å². The number of rotatable bonds is 2. The Morgan fingerprint density at radius 1 is 1.67 bits per heavy atom. The van der Waals surface area contributed by atoms with Crippen LogP contribution in [-0.2, 0) is 4.74 Å². The summed E-state index contributed by atoms with van der Waals surface area (Å²) in [5.41, 5.74) is 5.60. The minimum Gasteiger partial charge on any atom is -0.373 e. The summed E-state index contributed by atoms with van der Waals surface area (Å²) in [7, 11) is 0. The maximum absolute atomic E-state index is 5.60. The van der Waals surface area contributed by atoms with E-state index in [1.165, 1.54) is 0 Å². The van der Waals surface area contributed by atoms with Crippen LogP contribution in [0.15, 0.2) is 18.3 Å². The van der Waals surface area contributed by atoms with Gasteiger partial charge in [-0.25, -0.2) is 0 Å². The lowest BCUT2D eigenvalue weighted by Crippen LogP contribution is -2.51. The molecule has 0 saturated carbocycles. The molecule has 0 bridgehead atoms. The molecule has 2 N–H and O–H groups in total. The number of anilines is 1. The van der Waals surface area contributed by atoms with E-state index in [9.17, 15) is 0 Å². The maximum atomic E-state index is 5.60. The fraction of sp³-hybridized carbons (Fsp3) is 0.600. The molecule has 1 fully saturated rings. The van der Waals surface area contributed by atoms with Crippen LogP contribution in [0.4, 0.5) is 5.82 Å². The second kappa shape index (κ2) is 4.55. The van der Waals surface area contributed by atoms with Crippen molar-refractivity contribution in [2.24, 2.45) is 5.73 Å². The Bertz CT molecular complexity index is 306. The summed E-state index contributed by atoms with van der Waals surface area (Å²) < 4.78 is 5.58. The van der Waals surface area contributed by atoms with E-state index in [-0.39, 0.29) is 6.10 Å². The average molecular weight is 208 g/mol. The largest absolute Gasteiger partial charge is 0.373 e. The van der Waals surface area contributed by atoms with E-state index in [1.807, 2.05) is 12.1 Å². The highest BCUT2D eigenvalue weighted by molar-refractivity contribution is 5.38. The fourth-order valence-corrected chi connectivity index (χ4v) is 1.73. The molecular formula is C10H16N4O. The first-order chi connectivity index (χ1) is 7.31. The lowest BCUT2D eigenvalue weighted by atomic mass is 10.2. The van der Waals surface area contributed by atoms with Gasteiger partial charge in [-0.05, 0) is 19.1 Å². The van der Waals surface area contributed by atoms with E-state index in [4.69, 9.17) is 10.5 Å². The Hall–Kier alpha value is -1.20. The molecule has 1 aromatic rings. The summed E-state index contributed by atoms with van der Waals surface area (Å²) in [6.07, 6.45) is 1.78.